The predicted molar refractivity (Wildman–Crippen MR) is 106 cm³/mol. The number of benzene rings is 2. The van der Waals surface area contributed by atoms with Crippen LogP contribution in [0.1, 0.15) is 31.7 Å². The summed E-state index contributed by atoms with van der Waals surface area (Å²) < 4.78 is 5.74. The van der Waals surface area contributed by atoms with Gasteiger partial charge >= 0.3 is 0 Å². The zero-order valence-electron chi connectivity index (χ0n) is 15.9. The van der Waals surface area contributed by atoms with Gasteiger partial charge in [-0.25, -0.2) is 0 Å². The molecule has 3 rings (SSSR count). The van der Waals surface area contributed by atoms with Gasteiger partial charge in [-0.3, -0.25) is 9.59 Å². The lowest BCUT2D eigenvalue weighted by molar-refractivity contribution is -0.134. The molecule has 0 aromatic heterocycles. The Balaban J connectivity index is 1.56. The summed E-state index contributed by atoms with van der Waals surface area (Å²) in [4.78, 5) is 26.2. The van der Waals surface area contributed by atoms with Gasteiger partial charge in [-0.05, 0) is 61.4 Å². The first-order valence-electron chi connectivity index (χ1n) is 9.45. The number of hydrogen-bond donors (Lipinski definition) is 1. The minimum atomic E-state index is -0.182. The zero-order valence-corrected chi connectivity index (χ0v) is 15.9. The number of carbonyl (C=O) groups is 2. The molecule has 0 saturated carbocycles. The number of nitrogens with zero attached hydrogens (tertiary/aromatic N) is 2. The van der Waals surface area contributed by atoms with Crippen LogP contribution in [0.15, 0.2) is 48.5 Å². The number of piperidine rings is 1. The van der Waals surface area contributed by atoms with Crippen LogP contribution in [0.4, 0.5) is 5.69 Å². The second-order valence-electron chi connectivity index (χ2n) is 6.78. The Morgan fingerprint density at radius 1 is 1.14 bits per heavy atom. The summed E-state index contributed by atoms with van der Waals surface area (Å²) in [5.74, 6) is 1.13. The highest BCUT2D eigenvalue weighted by molar-refractivity contribution is 5.93. The van der Waals surface area contributed by atoms with E-state index in [0.29, 0.717) is 35.7 Å². The molecule has 1 fully saturated rings. The van der Waals surface area contributed by atoms with Crippen LogP contribution in [-0.2, 0) is 9.59 Å². The summed E-state index contributed by atoms with van der Waals surface area (Å²) in [6, 6.07) is 16.1. The quantitative estimate of drug-likeness (QED) is 0.856. The van der Waals surface area contributed by atoms with Gasteiger partial charge in [0.1, 0.15) is 11.5 Å². The van der Waals surface area contributed by atoms with Gasteiger partial charge in [0.05, 0.1) is 17.6 Å². The third kappa shape index (κ3) is 4.89. The van der Waals surface area contributed by atoms with Crippen LogP contribution in [0.5, 0.6) is 11.5 Å². The summed E-state index contributed by atoms with van der Waals surface area (Å²) in [5, 5.41) is 11.8. The SMILES string of the molecule is CCC(=O)N1CCCC(C(=O)Nc2ccc(Oc3ccc(C#N)cc3)cc2)C1. The maximum Gasteiger partial charge on any atom is 0.229 e. The van der Waals surface area contributed by atoms with Crippen LogP contribution in [0.2, 0.25) is 0 Å². The summed E-state index contributed by atoms with van der Waals surface area (Å²) in [6.07, 6.45) is 2.11. The van der Waals surface area contributed by atoms with E-state index in [-0.39, 0.29) is 17.7 Å². The first kappa shape index (κ1) is 19.4. The molecule has 1 saturated heterocycles. The fourth-order valence-corrected chi connectivity index (χ4v) is 3.23. The lowest BCUT2D eigenvalue weighted by atomic mass is 9.96. The number of carbonyl (C=O) groups excluding carboxylic acids is 2. The molecule has 1 heterocycles. The third-order valence-corrected chi connectivity index (χ3v) is 4.79. The van der Waals surface area contributed by atoms with Crippen LogP contribution < -0.4 is 10.1 Å². The number of amides is 2. The van der Waals surface area contributed by atoms with Gasteiger partial charge in [0.15, 0.2) is 0 Å². The van der Waals surface area contributed by atoms with E-state index < -0.39 is 0 Å². The van der Waals surface area contributed by atoms with Crippen molar-refractivity contribution in [3.8, 4) is 17.6 Å². The molecule has 1 unspecified atom stereocenters. The average molecular weight is 377 g/mol. The fourth-order valence-electron chi connectivity index (χ4n) is 3.23. The molecule has 0 radical (unpaired) electrons. The van der Waals surface area contributed by atoms with Crippen molar-refractivity contribution in [1.29, 1.82) is 5.26 Å². The number of anilines is 1. The predicted octanol–water partition coefficient (Wildman–Crippen LogP) is 3.94. The van der Waals surface area contributed by atoms with E-state index in [4.69, 9.17) is 10.00 Å². The molecule has 0 bridgehead atoms. The molecule has 1 aliphatic rings. The molecular formula is C22H23N3O3. The minimum absolute atomic E-state index is 0.0608. The van der Waals surface area contributed by atoms with E-state index in [0.717, 1.165) is 19.4 Å². The van der Waals surface area contributed by atoms with Crippen molar-refractivity contribution < 1.29 is 14.3 Å². The van der Waals surface area contributed by atoms with E-state index in [1.54, 1.807) is 53.4 Å². The van der Waals surface area contributed by atoms with Crippen LogP contribution in [-0.4, -0.2) is 29.8 Å². The van der Waals surface area contributed by atoms with E-state index >= 15 is 0 Å². The van der Waals surface area contributed by atoms with Gasteiger partial charge in [0.2, 0.25) is 11.8 Å². The molecule has 144 valence electrons. The molecular weight excluding hydrogens is 354 g/mol. The van der Waals surface area contributed by atoms with Gasteiger partial charge < -0.3 is 15.0 Å². The Morgan fingerprint density at radius 3 is 2.39 bits per heavy atom. The van der Waals surface area contributed by atoms with Crippen LogP contribution >= 0.6 is 0 Å². The molecule has 6 heteroatoms. The number of nitriles is 1. The number of likely N-dealkylation sites (tertiary alicyclic amines) is 1. The number of rotatable bonds is 5. The molecule has 1 aliphatic heterocycles. The third-order valence-electron chi connectivity index (χ3n) is 4.79. The van der Waals surface area contributed by atoms with Crippen LogP contribution in [0.25, 0.3) is 0 Å². The summed E-state index contributed by atoms with van der Waals surface area (Å²) >= 11 is 0. The zero-order chi connectivity index (χ0) is 19.9. The largest absolute Gasteiger partial charge is 0.457 e. The van der Waals surface area contributed by atoms with Crippen molar-refractivity contribution in [2.45, 2.75) is 26.2 Å². The van der Waals surface area contributed by atoms with E-state index in [1.807, 2.05) is 6.92 Å². The van der Waals surface area contributed by atoms with Crippen molar-refractivity contribution in [1.82, 2.24) is 4.90 Å². The van der Waals surface area contributed by atoms with Crippen LogP contribution in [0, 0.1) is 17.2 Å². The van der Waals surface area contributed by atoms with Gasteiger partial charge in [-0.2, -0.15) is 5.26 Å². The van der Waals surface area contributed by atoms with Crippen molar-refractivity contribution in [3.05, 3.63) is 54.1 Å². The molecule has 28 heavy (non-hydrogen) atoms. The highest BCUT2D eigenvalue weighted by Gasteiger charge is 2.27. The van der Waals surface area contributed by atoms with Crippen molar-refractivity contribution in [2.75, 3.05) is 18.4 Å². The Labute approximate surface area is 164 Å². The lowest BCUT2D eigenvalue weighted by Crippen LogP contribution is -2.43. The number of ether oxygens (including phenoxy) is 1. The first-order valence-corrected chi connectivity index (χ1v) is 9.45. The molecule has 0 spiro atoms. The fraction of sp³-hybridized carbons (Fsp3) is 0.318. The Hall–Kier alpha value is -3.33. The Morgan fingerprint density at radius 2 is 1.79 bits per heavy atom. The normalized spacial score (nSPS) is 16.1. The second-order valence-corrected chi connectivity index (χ2v) is 6.78. The molecule has 2 aromatic rings. The Kier molecular flexibility index (Phi) is 6.28. The molecule has 2 aromatic carbocycles. The molecule has 2 amide bonds. The Bertz CT molecular complexity index is 869. The van der Waals surface area contributed by atoms with Crippen molar-refractivity contribution in [3.63, 3.8) is 0 Å². The highest BCUT2D eigenvalue weighted by atomic mass is 16.5. The smallest absolute Gasteiger partial charge is 0.229 e. The second kappa shape index (κ2) is 9.05. The standard InChI is InChI=1S/C22H23N3O3/c1-2-21(26)25-13-3-4-17(15-25)22(27)24-18-7-11-20(12-8-18)28-19-9-5-16(14-23)6-10-19/h5-12,17H,2-4,13,15H2,1H3,(H,24,27). The van der Waals surface area contributed by atoms with E-state index in [9.17, 15) is 9.59 Å². The van der Waals surface area contributed by atoms with E-state index in [2.05, 4.69) is 11.4 Å². The minimum Gasteiger partial charge on any atom is -0.457 e. The van der Waals surface area contributed by atoms with Crippen molar-refractivity contribution in [2.24, 2.45) is 5.92 Å². The van der Waals surface area contributed by atoms with Crippen LogP contribution in [0.3, 0.4) is 0 Å². The van der Waals surface area contributed by atoms with Gasteiger partial charge in [0, 0.05) is 25.2 Å². The molecule has 1 N–H and O–H groups in total. The topological polar surface area (TPSA) is 82.4 Å². The first-order chi connectivity index (χ1) is 13.6. The van der Waals surface area contributed by atoms with Gasteiger partial charge in [-0.1, -0.05) is 6.92 Å². The van der Waals surface area contributed by atoms with E-state index in [1.165, 1.54) is 0 Å². The molecule has 6 nitrogen and oxygen atoms in total. The number of hydrogen-bond acceptors (Lipinski definition) is 4. The molecule has 1 atom stereocenters. The maximum atomic E-state index is 12.6. The van der Waals surface area contributed by atoms with Gasteiger partial charge in [-0.15, -0.1) is 0 Å². The average Bonchev–Trinajstić information content (AvgIpc) is 2.75. The van der Waals surface area contributed by atoms with Gasteiger partial charge in [0.25, 0.3) is 0 Å². The lowest BCUT2D eigenvalue weighted by Gasteiger charge is -2.31. The summed E-state index contributed by atoms with van der Waals surface area (Å²) in [5.41, 5.74) is 1.27. The number of nitrogens with one attached hydrogen (secondary N) is 1. The summed E-state index contributed by atoms with van der Waals surface area (Å²) in [7, 11) is 0. The van der Waals surface area contributed by atoms with Crippen molar-refractivity contribution >= 4 is 17.5 Å². The molecule has 0 aliphatic carbocycles. The highest BCUT2D eigenvalue weighted by Crippen LogP contribution is 2.24. The maximum absolute atomic E-state index is 12.6. The summed E-state index contributed by atoms with van der Waals surface area (Å²) in [6.45, 7) is 3.06. The monoisotopic (exact) mass is 377 g/mol.